The summed E-state index contributed by atoms with van der Waals surface area (Å²) in [5, 5.41) is 2.77. The summed E-state index contributed by atoms with van der Waals surface area (Å²) < 4.78 is 5.21. The number of amides is 1. The number of nitrogens with one attached hydrogen (secondary N) is 1. The normalized spacial score (nSPS) is 11.6. The highest BCUT2D eigenvalue weighted by Gasteiger charge is 2.11. The molecule has 2 aromatic rings. The van der Waals surface area contributed by atoms with Crippen LogP contribution in [0, 0.1) is 0 Å². The number of carbonyl (C=O) groups is 2. The highest BCUT2D eigenvalue weighted by Crippen LogP contribution is 2.29. The van der Waals surface area contributed by atoms with E-state index in [0.717, 1.165) is 24.8 Å². The highest BCUT2D eigenvalue weighted by atomic mass is 16.5. The van der Waals surface area contributed by atoms with Crippen LogP contribution in [0.5, 0.6) is 5.75 Å². The van der Waals surface area contributed by atoms with Crippen LogP contribution >= 0.6 is 0 Å². The van der Waals surface area contributed by atoms with Gasteiger partial charge in [-0.2, -0.15) is 0 Å². The van der Waals surface area contributed by atoms with E-state index < -0.39 is 0 Å². The van der Waals surface area contributed by atoms with Crippen LogP contribution in [0.25, 0.3) is 0 Å². The number of aryl methyl sites for hydroxylation is 1. The molecule has 0 bridgehead atoms. The molecule has 4 heteroatoms. The molecule has 132 valence electrons. The standard InChI is InChI=1S/C21H25NO3/c1-15(8-7-11-18-9-5-4-6-10-18)19-12-20(22-16(2)23)14-21(13-19)25-17(3)24/h4-6,9-10,12-15H,7-8,11H2,1-3H3,(H,22,23). The first-order valence-electron chi connectivity index (χ1n) is 8.59. The van der Waals surface area contributed by atoms with Gasteiger partial charge < -0.3 is 10.1 Å². The summed E-state index contributed by atoms with van der Waals surface area (Å²) in [6.07, 6.45) is 3.11. The second-order valence-electron chi connectivity index (χ2n) is 6.34. The molecule has 0 aliphatic carbocycles. The van der Waals surface area contributed by atoms with Crippen LogP contribution in [0.15, 0.2) is 48.5 Å². The van der Waals surface area contributed by atoms with Crippen molar-refractivity contribution >= 4 is 17.6 Å². The van der Waals surface area contributed by atoms with Crippen LogP contribution in [0.2, 0.25) is 0 Å². The molecule has 1 atom stereocenters. The van der Waals surface area contributed by atoms with Crippen molar-refractivity contribution in [2.75, 3.05) is 5.32 Å². The topological polar surface area (TPSA) is 55.4 Å². The maximum absolute atomic E-state index is 11.3. The second-order valence-corrected chi connectivity index (χ2v) is 6.34. The van der Waals surface area contributed by atoms with E-state index >= 15 is 0 Å². The molecule has 1 N–H and O–H groups in total. The zero-order chi connectivity index (χ0) is 18.2. The van der Waals surface area contributed by atoms with Crippen molar-refractivity contribution in [1.82, 2.24) is 0 Å². The Morgan fingerprint density at radius 3 is 2.44 bits per heavy atom. The molecule has 4 nitrogen and oxygen atoms in total. The summed E-state index contributed by atoms with van der Waals surface area (Å²) in [6.45, 7) is 4.98. The zero-order valence-corrected chi connectivity index (χ0v) is 15.0. The number of benzene rings is 2. The van der Waals surface area contributed by atoms with Gasteiger partial charge in [-0.05, 0) is 48.4 Å². The zero-order valence-electron chi connectivity index (χ0n) is 15.0. The molecule has 0 aromatic heterocycles. The minimum absolute atomic E-state index is 0.150. The molecule has 0 aliphatic rings. The van der Waals surface area contributed by atoms with E-state index in [1.54, 1.807) is 6.07 Å². The van der Waals surface area contributed by atoms with E-state index in [9.17, 15) is 9.59 Å². The van der Waals surface area contributed by atoms with Crippen molar-refractivity contribution in [1.29, 1.82) is 0 Å². The van der Waals surface area contributed by atoms with Crippen LogP contribution in [0.1, 0.15) is 50.7 Å². The number of hydrogen-bond donors (Lipinski definition) is 1. The Labute approximate surface area is 149 Å². The maximum Gasteiger partial charge on any atom is 0.308 e. The van der Waals surface area contributed by atoms with Gasteiger partial charge in [-0.1, -0.05) is 37.3 Å². The van der Waals surface area contributed by atoms with Crippen molar-refractivity contribution in [2.24, 2.45) is 0 Å². The molecule has 2 aromatic carbocycles. The molecule has 1 unspecified atom stereocenters. The SMILES string of the molecule is CC(=O)Nc1cc(OC(C)=O)cc(C(C)CCCc2ccccc2)c1. The molecule has 0 heterocycles. The Bertz CT molecular complexity index is 691. The first-order chi connectivity index (χ1) is 11.9. The van der Waals surface area contributed by atoms with E-state index in [1.807, 2.05) is 18.2 Å². The third-order valence-electron chi connectivity index (χ3n) is 4.03. The van der Waals surface area contributed by atoms with Crippen molar-refractivity contribution < 1.29 is 14.3 Å². The molecular formula is C21H25NO3. The van der Waals surface area contributed by atoms with Crippen LogP contribution in [0.3, 0.4) is 0 Å². The van der Waals surface area contributed by atoms with Crippen molar-refractivity contribution in [3.05, 3.63) is 59.7 Å². The lowest BCUT2D eigenvalue weighted by Gasteiger charge is -2.15. The Balaban J connectivity index is 2.06. The lowest BCUT2D eigenvalue weighted by Crippen LogP contribution is -2.08. The van der Waals surface area contributed by atoms with Gasteiger partial charge in [-0.15, -0.1) is 0 Å². The predicted molar refractivity (Wildman–Crippen MR) is 99.8 cm³/mol. The molecule has 0 radical (unpaired) electrons. The lowest BCUT2D eigenvalue weighted by atomic mass is 9.93. The Morgan fingerprint density at radius 2 is 1.80 bits per heavy atom. The summed E-state index contributed by atoms with van der Waals surface area (Å²) in [6, 6.07) is 15.9. The maximum atomic E-state index is 11.3. The fourth-order valence-corrected chi connectivity index (χ4v) is 2.83. The van der Waals surface area contributed by atoms with E-state index in [-0.39, 0.29) is 11.9 Å². The van der Waals surface area contributed by atoms with Crippen LogP contribution in [-0.2, 0) is 16.0 Å². The van der Waals surface area contributed by atoms with E-state index in [4.69, 9.17) is 4.74 Å². The second kappa shape index (κ2) is 9.02. The van der Waals surface area contributed by atoms with Gasteiger partial charge in [-0.3, -0.25) is 9.59 Å². The fourth-order valence-electron chi connectivity index (χ4n) is 2.83. The van der Waals surface area contributed by atoms with Gasteiger partial charge in [0.1, 0.15) is 5.75 Å². The molecule has 0 fully saturated rings. The van der Waals surface area contributed by atoms with E-state index in [2.05, 4.69) is 36.5 Å². The monoisotopic (exact) mass is 339 g/mol. The molecule has 0 saturated carbocycles. The van der Waals surface area contributed by atoms with Gasteiger partial charge in [0, 0.05) is 25.6 Å². The number of anilines is 1. The Kier molecular flexibility index (Phi) is 6.75. The van der Waals surface area contributed by atoms with Crippen LogP contribution in [-0.4, -0.2) is 11.9 Å². The number of hydrogen-bond acceptors (Lipinski definition) is 3. The summed E-state index contributed by atoms with van der Waals surface area (Å²) in [5.41, 5.74) is 3.04. The Hall–Kier alpha value is -2.62. The fraction of sp³-hybridized carbons (Fsp3) is 0.333. The minimum Gasteiger partial charge on any atom is -0.427 e. The van der Waals surface area contributed by atoms with E-state index in [1.165, 1.54) is 19.4 Å². The summed E-state index contributed by atoms with van der Waals surface area (Å²) in [5.74, 6) is 0.237. The number of esters is 1. The third kappa shape index (κ3) is 6.42. The minimum atomic E-state index is -0.373. The van der Waals surface area contributed by atoms with Gasteiger partial charge in [0.25, 0.3) is 0 Å². The number of rotatable bonds is 7. The smallest absolute Gasteiger partial charge is 0.308 e. The molecule has 0 spiro atoms. The molecular weight excluding hydrogens is 314 g/mol. The van der Waals surface area contributed by atoms with Crippen LogP contribution in [0.4, 0.5) is 5.69 Å². The highest BCUT2D eigenvalue weighted by molar-refractivity contribution is 5.89. The van der Waals surface area contributed by atoms with Gasteiger partial charge in [-0.25, -0.2) is 0 Å². The van der Waals surface area contributed by atoms with Crippen molar-refractivity contribution in [3.8, 4) is 5.75 Å². The van der Waals surface area contributed by atoms with Gasteiger partial charge in [0.15, 0.2) is 0 Å². The molecule has 0 aliphatic heterocycles. The largest absolute Gasteiger partial charge is 0.427 e. The first kappa shape index (κ1) is 18.7. The number of carbonyl (C=O) groups excluding carboxylic acids is 2. The average Bonchev–Trinajstić information content (AvgIpc) is 2.54. The van der Waals surface area contributed by atoms with Crippen molar-refractivity contribution in [2.45, 2.75) is 46.0 Å². The quantitative estimate of drug-likeness (QED) is 0.588. The summed E-state index contributed by atoms with van der Waals surface area (Å²) >= 11 is 0. The van der Waals surface area contributed by atoms with Crippen LogP contribution < -0.4 is 10.1 Å². The molecule has 1 amide bonds. The molecule has 25 heavy (non-hydrogen) atoms. The lowest BCUT2D eigenvalue weighted by molar-refractivity contribution is -0.131. The van der Waals surface area contributed by atoms with E-state index in [0.29, 0.717) is 17.4 Å². The van der Waals surface area contributed by atoms with Gasteiger partial charge >= 0.3 is 5.97 Å². The van der Waals surface area contributed by atoms with Gasteiger partial charge in [0.2, 0.25) is 5.91 Å². The third-order valence-corrected chi connectivity index (χ3v) is 4.03. The van der Waals surface area contributed by atoms with Crippen molar-refractivity contribution in [3.63, 3.8) is 0 Å². The Morgan fingerprint density at radius 1 is 1.08 bits per heavy atom. The molecule has 2 rings (SSSR count). The average molecular weight is 339 g/mol. The summed E-state index contributed by atoms with van der Waals surface area (Å²) in [4.78, 5) is 22.6. The first-order valence-corrected chi connectivity index (χ1v) is 8.59. The summed E-state index contributed by atoms with van der Waals surface area (Å²) in [7, 11) is 0. The predicted octanol–water partition coefficient (Wildman–Crippen LogP) is 4.70. The number of ether oxygens (including phenoxy) is 1. The van der Waals surface area contributed by atoms with Gasteiger partial charge in [0.05, 0.1) is 0 Å². The molecule has 0 saturated heterocycles.